The Morgan fingerprint density at radius 2 is 2.25 bits per heavy atom. The van der Waals surface area contributed by atoms with E-state index in [4.69, 9.17) is 0 Å². The molecule has 1 atom stereocenters. The largest absolute Gasteiger partial charge is 0.337 e. The van der Waals surface area contributed by atoms with E-state index in [-0.39, 0.29) is 11.9 Å². The first-order valence-electron chi connectivity index (χ1n) is 6.50. The number of nitrogens with zero attached hydrogens (tertiary/aromatic N) is 3. The zero-order chi connectivity index (χ0) is 14.5. The number of aromatic nitrogens is 3. The highest BCUT2D eigenvalue weighted by Crippen LogP contribution is 2.22. The molecule has 2 amide bonds. The third-order valence-corrected chi connectivity index (χ3v) is 3.87. The minimum absolute atomic E-state index is 0.226. The lowest BCUT2D eigenvalue weighted by atomic mass is 9.92. The van der Waals surface area contributed by atoms with Crippen LogP contribution >= 0.6 is 11.3 Å². The Kier molecular flexibility index (Phi) is 4.73. The van der Waals surface area contributed by atoms with Crippen molar-refractivity contribution in [2.45, 2.75) is 19.8 Å². The molecule has 7 heteroatoms. The molecule has 20 heavy (non-hydrogen) atoms. The molecule has 0 aliphatic carbocycles. The maximum atomic E-state index is 11.8. The zero-order valence-electron chi connectivity index (χ0n) is 11.8. The summed E-state index contributed by atoms with van der Waals surface area (Å²) in [4.78, 5) is 15.8. The lowest BCUT2D eigenvalue weighted by Crippen LogP contribution is -2.34. The molecule has 6 nitrogen and oxygen atoms in total. The van der Waals surface area contributed by atoms with Gasteiger partial charge in [0, 0.05) is 43.0 Å². The second-order valence-electron chi connectivity index (χ2n) is 4.90. The van der Waals surface area contributed by atoms with Crippen molar-refractivity contribution in [2.24, 2.45) is 13.0 Å². The van der Waals surface area contributed by atoms with Gasteiger partial charge in [-0.05, 0) is 12.0 Å². The van der Waals surface area contributed by atoms with Crippen LogP contribution in [0.2, 0.25) is 0 Å². The molecule has 0 bridgehead atoms. The second-order valence-corrected chi connectivity index (χ2v) is 5.80. The zero-order valence-corrected chi connectivity index (χ0v) is 12.6. The van der Waals surface area contributed by atoms with Gasteiger partial charge >= 0.3 is 6.03 Å². The molecule has 2 N–H and O–H groups in total. The van der Waals surface area contributed by atoms with E-state index in [1.807, 2.05) is 23.2 Å². The van der Waals surface area contributed by atoms with Gasteiger partial charge in [0.15, 0.2) is 5.13 Å². The standard InChI is InChI=1S/C13H19N5OS/c1-9(2)10(11-4-5-16-18(11)3)8-15-12(19)17-13-14-6-7-20-13/h4-7,9-10H,8H2,1-3H3,(H2,14,15,17,19)/t10-/m1/s1. The van der Waals surface area contributed by atoms with Gasteiger partial charge in [0.1, 0.15) is 0 Å². The fourth-order valence-electron chi connectivity index (χ4n) is 2.06. The summed E-state index contributed by atoms with van der Waals surface area (Å²) in [6.07, 6.45) is 3.44. The molecule has 2 heterocycles. The van der Waals surface area contributed by atoms with E-state index < -0.39 is 0 Å². The molecule has 0 saturated heterocycles. The first kappa shape index (κ1) is 14.5. The molecular weight excluding hydrogens is 274 g/mol. The van der Waals surface area contributed by atoms with E-state index in [1.165, 1.54) is 11.3 Å². The highest BCUT2D eigenvalue weighted by atomic mass is 32.1. The minimum atomic E-state index is -0.229. The van der Waals surface area contributed by atoms with Crippen LogP contribution in [-0.2, 0) is 7.05 Å². The molecule has 0 unspecified atom stereocenters. The Bertz CT molecular complexity index is 549. The van der Waals surface area contributed by atoms with E-state index >= 15 is 0 Å². The minimum Gasteiger partial charge on any atom is -0.337 e. The van der Waals surface area contributed by atoms with E-state index in [0.717, 1.165) is 5.69 Å². The Morgan fingerprint density at radius 1 is 1.45 bits per heavy atom. The number of hydrogen-bond donors (Lipinski definition) is 2. The summed E-state index contributed by atoms with van der Waals surface area (Å²) in [6.45, 7) is 4.84. The van der Waals surface area contributed by atoms with Crippen molar-refractivity contribution in [3.63, 3.8) is 0 Å². The SMILES string of the molecule is CC(C)[C@@H](CNC(=O)Nc1nccs1)c1ccnn1C. The van der Waals surface area contributed by atoms with E-state index in [0.29, 0.717) is 17.6 Å². The van der Waals surface area contributed by atoms with Gasteiger partial charge in [-0.1, -0.05) is 13.8 Å². The third-order valence-electron chi connectivity index (χ3n) is 3.18. The molecular formula is C13H19N5OS. The Labute approximate surface area is 122 Å². The summed E-state index contributed by atoms with van der Waals surface area (Å²) in [5, 5.41) is 12.2. The summed E-state index contributed by atoms with van der Waals surface area (Å²) in [7, 11) is 1.92. The van der Waals surface area contributed by atoms with Crippen molar-refractivity contribution >= 4 is 22.5 Å². The monoisotopic (exact) mass is 293 g/mol. The number of aryl methyl sites for hydroxylation is 1. The quantitative estimate of drug-likeness (QED) is 0.889. The maximum Gasteiger partial charge on any atom is 0.321 e. The number of rotatable bonds is 5. The molecule has 0 spiro atoms. The van der Waals surface area contributed by atoms with Gasteiger partial charge < -0.3 is 5.32 Å². The van der Waals surface area contributed by atoms with Gasteiger partial charge in [-0.2, -0.15) is 5.10 Å². The summed E-state index contributed by atoms with van der Waals surface area (Å²) >= 11 is 1.39. The number of hydrogen-bond acceptors (Lipinski definition) is 4. The van der Waals surface area contributed by atoms with Crippen molar-refractivity contribution in [1.82, 2.24) is 20.1 Å². The van der Waals surface area contributed by atoms with Crippen LogP contribution in [0.15, 0.2) is 23.8 Å². The summed E-state index contributed by atoms with van der Waals surface area (Å²) < 4.78 is 1.85. The normalized spacial score (nSPS) is 12.4. The smallest absolute Gasteiger partial charge is 0.321 e. The number of carbonyl (C=O) groups excluding carboxylic acids is 1. The van der Waals surface area contributed by atoms with Crippen LogP contribution in [-0.4, -0.2) is 27.3 Å². The molecule has 2 rings (SSSR count). The van der Waals surface area contributed by atoms with Crippen LogP contribution in [0.3, 0.4) is 0 Å². The van der Waals surface area contributed by atoms with Crippen LogP contribution in [0.5, 0.6) is 0 Å². The summed E-state index contributed by atoms with van der Waals surface area (Å²) in [5.41, 5.74) is 1.12. The topological polar surface area (TPSA) is 71.8 Å². The highest BCUT2D eigenvalue weighted by molar-refractivity contribution is 7.13. The van der Waals surface area contributed by atoms with Crippen molar-refractivity contribution in [2.75, 3.05) is 11.9 Å². The molecule has 108 valence electrons. The number of thiazole rings is 1. The molecule has 0 radical (unpaired) electrons. The molecule has 2 aromatic heterocycles. The highest BCUT2D eigenvalue weighted by Gasteiger charge is 2.19. The van der Waals surface area contributed by atoms with Crippen molar-refractivity contribution in [3.8, 4) is 0 Å². The summed E-state index contributed by atoms with van der Waals surface area (Å²) in [5.74, 6) is 0.634. The average molecular weight is 293 g/mol. The molecule has 0 aliphatic heterocycles. The lowest BCUT2D eigenvalue weighted by Gasteiger charge is -2.21. The number of carbonyl (C=O) groups is 1. The molecule has 2 aromatic rings. The lowest BCUT2D eigenvalue weighted by molar-refractivity contribution is 0.250. The molecule has 0 saturated carbocycles. The molecule has 0 fully saturated rings. The summed E-state index contributed by atoms with van der Waals surface area (Å²) in [6, 6.07) is 1.76. The van der Waals surface area contributed by atoms with Gasteiger partial charge in [0.25, 0.3) is 0 Å². The van der Waals surface area contributed by atoms with Crippen LogP contribution in [0, 0.1) is 5.92 Å². The predicted octanol–water partition coefficient (Wildman–Crippen LogP) is 2.44. The number of amides is 2. The predicted molar refractivity (Wildman–Crippen MR) is 79.9 cm³/mol. The first-order chi connectivity index (χ1) is 9.58. The van der Waals surface area contributed by atoms with Crippen LogP contribution in [0.4, 0.5) is 9.93 Å². The molecule has 0 aliphatic rings. The number of urea groups is 1. The third kappa shape index (κ3) is 3.57. The van der Waals surface area contributed by atoms with Gasteiger partial charge in [-0.25, -0.2) is 9.78 Å². The maximum absolute atomic E-state index is 11.8. The van der Waals surface area contributed by atoms with Gasteiger partial charge in [-0.15, -0.1) is 11.3 Å². The van der Waals surface area contributed by atoms with E-state index in [1.54, 1.807) is 12.4 Å². The van der Waals surface area contributed by atoms with Crippen molar-refractivity contribution < 1.29 is 4.79 Å². The van der Waals surface area contributed by atoms with Crippen LogP contribution in [0.25, 0.3) is 0 Å². The van der Waals surface area contributed by atoms with Gasteiger partial charge in [-0.3, -0.25) is 10.00 Å². The molecule has 0 aromatic carbocycles. The second kappa shape index (κ2) is 6.51. The van der Waals surface area contributed by atoms with E-state index in [9.17, 15) is 4.79 Å². The van der Waals surface area contributed by atoms with Gasteiger partial charge in [0.05, 0.1) is 0 Å². The Hall–Kier alpha value is -1.89. The van der Waals surface area contributed by atoms with Crippen molar-refractivity contribution in [1.29, 1.82) is 0 Å². The van der Waals surface area contributed by atoms with Crippen LogP contribution < -0.4 is 10.6 Å². The number of anilines is 1. The van der Waals surface area contributed by atoms with Crippen LogP contribution in [0.1, 0.15) is 25.5 Å². The number of nitrogens with one attached hydrogen (secondary N) is 2. The average Bonchev–Trinajstić information content (AvgIpc) is 3.02. The van der Waals surface area contributed by atoms with E-state index in [2.05, 4.69) is 34.6 Å². The Morgan fingerprint density at radius 3 is 2.80 bits per heavy atom. The first-order valence-corrected chi connectivity index (χ1v) is 7.38. The Balaban J connectivity index is 1.93. The van der Waals surface area contributed by atoms with Gasteiger partial charge in [0.2, 0.25) is 0 Å². The fraction of sp³-hybridized carbons (Fsp3) is 0.462. The fourth-order valence-corrected chi connectivity index (χ4v) is 2.58. The van der Waals surface area contributed by atoms with Crippen molar-refractivity contribution in [3.05, 3.63) is 29.5 Å².